The van der Waals surface area contributed by atoms with Crippen LogP contribution in [-0.2, 0) is 7.48 Å². The Hall–Kier alpha value is 0.720. The third-order valence-corrected chi connectivity index (χ3v) is 0. The lowest BCUT2D eigenvalue weighted by Gasteiger charge is -1.61. The Morgan fingerprint density at radius 2 is 1.60 bits per heavy atom. The lowest BCUT2D eigenvalue weighted by Crippen LogP contribution is -1.62. The Labute approximate surface area is 41.7 Å². The Bertz CT molecular complexity index is 92.8. The molecule has 0 amide bonds. The molecule has 0 aliphatic carbocycles. The highest BCUT2D eigenvalue weighted by Gasteiger charge is 1.87. The van der Waals surface area contributed by atoms with Gasteiger partial charge in [-0.15, -0.1) is 0 Å². The summed E-state index contributed by atoms with van der Waals surface area (Å²) >= 11 is 2.11. The van der Waals surface area contributed by atoms with Gasteiger partial charge in [0.15, 0.2) is 0 Å². The van der Waals surface area contributed by atoms with E-state index in [1.165, 1.54) is 0 Å². The van der Waals surface area contributed by atoms with Gasteiger partial charge < -0.3 is 0 Å². The molecule has 0 aliphatic rings. The van der Waals surface area contributed by atoms with Crippen LogP contribution in [-0.4, -0.2) is 8.42 Å². The van der Waals surface area contributed by atoms with Gasteiger partial charge in [-0.3, -0.25) is 0 Å². The fraction of sp³-hybridized carbons (Fsp3) is 0. The molecule has 0 spiro atoms. The first-order valence-electron chi connectivity index (χ1n) is 0.642. The van der Waals surface area contributed by atoms with Gasteiger partial charge in [0.25, 0.3) is 7.48 Å². The minimum atomic E-state index is -3.38. The van der Waals surface area contributed by atoms with Gasteiger partial charge in [0.1, 0.15) is 0 Å². The molecule has 0 atom stereocenters. The summed E-state index contributed by atoms with van der Waals surface area (Å²) in [4.78, 5) is 0. The highest BCUT2D eigenvalue weighted by molar-refractivity contribution is 9.50. The smallest absolute Gasteiger partial charge is 0.200 e. The van der Waals surface area contributed by atoms with Crippen molar-refractivity contribution in [3.05, 3.63) is 0 Å². The van der Waals surface area contributed by atoms with Crippen molar-refractivity contribution in [2.75, 3.05) is 0 Å². The van der Waals surface area contributed by atoms with Gasteiger partial charge >= 0.3 is 0 Å². The Balaban J connectivity index is 4.06. The number of rotatable bonds is 0. The first kappa shape index (κ1) is 5.72. The molecule has 5 heteroatoms. The van der Waals surface area contributed by atoms with E-state index >= 15 is 0 Å². The average Bonchev–Trinajstić information content (AvgIpc) is 0.722. The molecule has 0 aromatic rings. The van der Waals surface area contributed by atoms with Crippen molar-refractivity contribution < 1.29 is 8.42 Å². The number of hydrogen-bond donors (Lipinski definition) is 0. The van der Waals surface area contributed by atoms with Crippen LogP contribution < -0.4 is 0 Å². The summed E-state index contributed by atoms with van der Waals surface area (Å²) in [6.07, 6.45) is 0. The summed E-state index contributed by atoms with van der Waals surface area (Å²) in [5.74, 6) is 0. The first-order valence-corrected chi connectivity index (χ1v) is 4.79. The molecule has 2 nitrogen and oxygen atoms in total. The Morgan fingerprint density at radius 1 is 1.60 bits per heavy atom. The lowest BCUT2D eigenvalue weighted by atomic mass is 15.9. The third kappa shape index (κ3) is 67.4. The second kappa shape index (κ2) is 1.45. The van der Waals surface area contributed by atoms with Crippen molar-refractivity contribution in [3.8, 4) is 0 Å². The summed E-state index contributed by atoms with van der Waals surface area (Å²) < 4.78 is 18.6. The van der Waals surface area contributed by atoms with Crippen LogP contribution in [0.1, 0.15) is 0 Å². The maximum absolute atomic E-state index is 9.31. The van der Waals surface area contributed by atoms with E-state index in [0.717, 1.165) is 0 Å². The van der Waals surface area contributed by atoms with E-state index in [2.05, 4.69) is 25.5 Å². The summed E-state index contributed by atoms with van der Waals surface area (Å²) in [5, 5.41) is 0. The first-order chi connectivity index (χ1) is 2.00. The zero-order valence-electron chi connectivity index (χ0n) is 1.98. The van der Waals surface area contributed by atoms with Crippen molar-refractivity contribution in [1.29, 1.82) is 0 Å². The topological polar surface area (TPSA) is 34.1 Å². The van der Waals surface area contributed by atoms with E-state index in [-0.39, 0.29) is 0 Å². The second-order valence-corrected chi connectivity index (χ2v) is 6.03. The van der Waals surface area contributed by atoms with Crippen LogP contribution in [0.2, 0.25) is 0 Å². The Morgan fingerprint density at radius 3 is 1.60 bits per heavy atom. The molecule has 0 bridgehead atoms. The molecular formula is BrClO2S. The summed E-state index contributed by atoms with van der Waals surface area (Å²) in [7, 11) is 1.04. The average molecular weight is 179 g/mol. The van der Waals surface area contributed by atoms with E-state index in [4.69, 9.17) is 0 Å². The predicted octanol–water partition coefficient (Wildman–Crippen LogP) is 0.865. The molecule has 0 N–H and O–H groups in total. The standard InChI is InChI=1S/BrClO2S/c1-5(2,3)4. The zero-order valence-corrected chi connectivity index (χ0v) is 5.14. The van der Waals surface area contributed by atoms with Crippen LogP contribution in [0.15, 0.2) is 0 Å². The van der Waals surface area contributed by atoms with Crippen LogP contribution in [0, 0.1) is 0 Å². The van der Waals surface area contributed by atoms with Crippen molar-refractivity contribution in [3.63, 3.8) is 0 Å². The van der Waals surface area contributed by atoms with Crippen LogP contribution in [0.4, 0.5) is 0 Å². The zero-order chi connectivity index (χ0) is 4.50. The number of halogens is 2. The fourth-order valence-corrected chi connectivity index (χ4v) is 0. The lowest BCUT2D eigenvalue weighted by molar-refractivity contribution is 0.623. The van der Waals surface area contributed by atoms with Crippen molar-refractivity contribution in [2.24, 2.45) is 0 Å². The quantitative estimate of drug-likeness (QED) is 0.517. The van der Waals surface area contributed by atoms with Gasteiger partial charge in [-0.1, -0.05) is 0 Å². The minimum Gasteiger partial charge on any atom is -0.200 e. The summed E-state index contributed by atoms with van der Waals surface area (Å²) in [6, 6.07) is 0. The van der Waals surface area contributed by atoms with Crippen molar-refractivity contribution in [2.45, 2.75) is 0 Å². The molecule has 32 valence electrons. The van der Waals surface area contributed by atoms with Crippen LogP contribution in [0.3, 0.4) is 0 Å². The molecule has 0 aromatic heterocycles. The van der Waals surface area contributed by atoms with Gasteiger partial charge in [0, 0.05) is 10.7 Å². The van der Waals surface area contributed by atoms with E-state index in [1.54, 1.807) is 0 Å². The van der Waals surface area contributed by atoms with E-state index < -0.39 is 7.48 Å². The maximum Gasteiger partial charge on any atom is 0.292 e. The van der Waals surface area contributed by atoms with E-state index in [1.807, 2.05) is 0 Å². The molecule has 0 saturated carbocycles. The Kier molecular flexibility index (Phi) is 1.65. The largest absolute Gasteiger partial charge is 0.292 e. The molecule has 0 heterocycles. The highest BCUT2D eigenvalue weighted by Crippen LogP contribution is 2.02. The molecule has 0 unspecified atom stereocenters. The summed E-state index contributed by atoms with van der Waals surface area (Å²) in [5.41, 5.74) is 0. The van der Waals surface area contributed by atoms with Crippen LogP contribution >= 0.6 is 25.5 Å². The molecule has 0 saturated heterocycles. The SMILES string of the molecule is O=S(=O)(Cl)Br. The fourth-order valence-electron chi connectivity index (χ4n) is 0. The van der Waals surface area contributed by atoms with Gasteiger partial charge in [-0.25, -0.2) is 8.42 Å². The monoisotopic (exact) mass is 178 g/mol. The van der Waals surface area contributed by atoms with Crippen molar-refractivity contribution in [1.82, 2.24) is 0 Å². The second-order valence-electron chi connectivity index (χ2n) is 0.378. The van der Waals surface area contributed by atoms with Gasteiger partial charge in [0.05, 0.1) is 14.8 Å². The van der Waals surface area contributed by atoms with Gasteiger partial charge in [0.2, 0.25) is 0 Å². The van der Waals surface area contributed by atoms with Crippen LogP contribution in [0.5, 0.6) is 0 Å². The van der Waals surface area contributed by atoms with E-state index in [0.29, 0.717) is 0 Å². The normalized spacial score (nSPS) is 11.6. The predicted molar refractivity (Wildman–Crippen MR) is 23.7 cm³/mol. The molecule has 0 aliphatic heterocycles. The third-order valence-electron chi connectivity index (χ3n) is 0. The molecule has 0 fully saturated rings. The number of hydrogen-bond acceptors (Lipinski definition) is 2. The van der Waals surface area contributed by atoms with Gasteiger partial charge in [-0.2, -0.15) is 0 Å². The molecular weight excluding hydrogens is 179 g/mol. The molecule has 0 rings (SSSR count). The highest BCUT2D eigenvalue weighted by atomic mass is 79.9. The van der Waals surface area contributed by atoms with E-state index in [9.17, 15) is 8.42 Å². The molecule has 0 radical (unpaired) electrons. The summed E-state index contributed by atoms with van der Waals surface area (Å²) in [6.45, 7) is 0. The van der Waals surface area contributed by atoms with Crippen molar-refractivity contribution >= 4 is 33.0 Å². The molecule has 0 aromatic carbocycles. The van der Waals surface area contributed by atoms with Crippen LogP contribution in [0.25, 0.3) is 0 Å². The minimum absolute atomic E-state index is 2.11. The molecule has 5 heavy (non-hydrogen) atoms. The van der Waals surface area contributed by atoms with Gasteiger partial charge in [-0.05, 0) is 0 Å². The maximum atomic E-state index is 9.31.